The number of benzene rings is 1. The number of hydrogen-bond acceptors (Lipinski definition) is 3. The van der Waals surface area contributed by atoms with Gasteiger partial charge in [0.05, 0.1) is 17.0 Å². The highest BCUT2D eigenvalue weighted by Gasteiger charge is 2.55. The quantitative estimate of drug-likeness (QED) is 0.843. The number of aromatic amines is 1. The van der Waals surface area contributed by atoms with Gasteiger partial charge in [-0.2, -0.15) is 10.4 Å². The van der Waals surface area contributed by atoms with Crippen LogP contribution < -0.4 is 0 Å². The maximum absolute atomic E-state index is 14.3. The molecule has 4 nitrogen and oxygen atoms in total. The van der Waals surface area contributed by atoms with Gasteiger partial charge in [0.25, 0.3) is 0 Å². The van der Waals surface area contributed by atoms with Crippen LogP contribution in [-0.2, 0) is 16.6 Å². The number of hydrogen-bond donors (Lipinski definition) is 1. The lowest BCUT2D eigenvalue weighted by Gasteiger charge is -2.49. The maximum Gasteiger partial charge on any atom is 0.178 e. The van der Waals surface area contributed by atoms with Crippen molar-refractivity contribution in [3.05, 3.63) is 53.0 Å². The molecule has 1 heterocycles. The highest BCUT2D eigenvalue weighted by molar-refractivity contribution is 6.04. The molecule has 1 aromatic carbocycles. The first kappa shape index (κ1) is 16.7. The second kappa shape index (κ2) is 5.38. The summed E-state index contributed by atoms with van der Waals surface area (Å²) >= 11 is 0. The first-order valence-electron chi connectivity index (χ1n) is 8.81. The number of rotatable bonds is 1. The highest BCUT2D eigenvalue weighted by atomic mass is 19.1. The first-order chi connectivity index (χ1) is 12.3. The highest BCUT2D eigenvalue weighted by Crippen LogP contribution is 2.55. The molecule has 0 spiro atoms. The van der Waals surface area contributed by atoms with E-state index >= 15 is 0 Å². The third-order valence-electron chi connectivity index (χ3n) is 6.19. The monoisotopic (exact) mass is 349 g/mol. The number of aromatic nitrogens is 2. The van der Waals surface area contributed by atoms with E-state index in [2.05, 4.69) is 16.3 Å². The van der Waals surface area contributed by atoms with Crippen molar-refractivity contribution >= 4 is 5.78 Å². The third-order valence-corrected chi connectivity index (χ3v) is 6.19. The number of allylic oxidation sites excluding steroid dienone is 2. The Morgan fingerprint density at radius 1 is 1.31 bits per heavy atom. The molecule has 0 fully saturated rings. The number of halogens is 1. The van der Waals surface area contributed by atoms with E-state index < -0.39 is 10.8 Å². The van der Waals surface area contributed by atoms with Crippen LogP contribution in [0.5, 0.6) is 0 Å². The minimum Gasteiger partial charge on any atom is -0.293 e. The van der Waals surface area contributed by atoms with Crippen LogP contribution in [-0.4, -0.2) is 16.0 Å². The topological polar surface area (TPSA) is 69.5 Å². The Hall–Kier alpha value is -2.74. The van der Waals surface area contributed by atoms with Gasteiger partial charge in [0.15, 0.2) is 5.78 Å². The number of nitrogens with zero attached hydrogens (tertiary/aromatic N) is 2. The van der Waals surface area contributed by atoms with Gasteiger partial charge >= 0.3 is 0 Å². The van der Waals surface area contributed by atoms with E-state index in [9.17, 15) is 14.4 Å². The Labute approximate surface area is 151 Å². The Balaban J connectivity index is 1.93. The summed E-state index contributed by atoms with van der Waals surface area (Å²) in [5.41, 5.74) is 2.02. The lowest BCUT2D eigenvalue weighted by molar-refractivity contribution is -0.128. The van der Waals surface area contributed by atoms with Gasteiger partial charge in [-0.1, -0.05) is 39.0 Å². The number of fused-ring (bicyclic) bond motifs is 3. The number of ketones is 1. The van der Waals surface area contributed by atoms with Crippen molar-refractivity contribution in [3.63, 3.8) is 0 Å². The van der Waals surface area contributed by atoms with Gasteiger partial charge in [0.2, 0.25) is 0 Å². The largest absolute Gasteiger partial charge is 0.293 e. The van der Waals surface area contributed by atoms with Crippen molar-refractivity contribution < 1.29 is 9.18 Å². The summed E-state index contributed by atoms with van der Waals surface area (Å²) in [6.07, 6.45) is 3.29. The summed E-state index contributed by atoms with van der Waals surface area (Å²) in [4.78, 5) is 12.7. The van der Waals surface area contributed by atoms with Crippen molar-refractivity contribution in [2.45, 2.75) is 39.0 Å². The maximum atomic E-state index is 14.3. The van der Waals surface area contributed by atoms with Gasteiger partial charge in [-0.05, 0) is 30.9 Å². The average Bonchev–Trinajstić information content (AvgIpc) is 3.04. The van der Waals surface area contributed by atoms with Crippen LogP contribution >= 0.6 is 0 Å². The molecule has 0 saturated carbocycles. The summed E-state index contributed by atoms with van der Waals surface area (Å²) in [7, 11) is 0. The van der Waals surface area contributed by atoms with E-state index in [0.29, 0.717) is 11.3 Å². The summed E-state index contributed by atoms with van der Waals surface area (Å²) in [6, 6.07) is 8.70. The predicted molar refractivity (Wildman–Crippen MR) is 95.6 cm³/mol. The molecule has 0 aliphatic heterocycles. The van der Waals surface area contributed by atoms with Crippen LogP contribution in [0, 0.1) is 28.5 Å². The van der Waals surface area contributed by atoms with Crippen LogP contribution in [0.2, 0.25) is 0 Å². The van der Waals surface area contributed by atoms with E-state index in [-0.39, 0.29) is 23.1 Å². The lowest BCUT2D eigenvalue weighted by atomic mass is 9.52. The fourth-order valence-electron chi connectivity index (χ4n) is 4.93. The number of nitriles is 1. The summed E-state index contributed by atoms with van der Waals surface area (Å²) in [6.45, 7) is 5.86. The van der Waals surface area contributed by atoms with E-state index in [1.54, 1.807) is 24.3 Å². The van der Waals surface area contributed by atoms with Crippen molar-refractivity contribution in [1.29, 1.82) is 5.26 Å². The van der Waals surface area contributed by atoms with Gasteiger partial charge in [0, 0.05) is 22.0 Å². The van der Waals surface area contributed by atoms with Gasteiger partial charge in [0.1, 0.15) is 11.9 Å². The Bertz CT molecular complexity index is 995. The van der Waals surface area contributed by atoms with Crippen LogP contribution in [0.1, 0.15) is 38.4 Å². The number of H-pyrrole nitrogens is 1. The zero-order valence-electron chi connectivity index (χ0n) is 15.1. The Morgan fingerprint density at radius 3 is 2.73 bits per heavy atom. The minimum atomic E-state index is -0.636. The van der Waals surface area contributed by atoms with E-state index in [1.807, 2.05) is 20.8 Å². The molecule has 5 heteroatoms. The second-order valence-electron chi connectivity index (χ2n) is 8.00. The number of Topliss-reactive ketones (excluding diaryl/α,β-unsaturated/α-hetero) is 1. The predicted octanol–water partition coefficient (Wildman–Crippen LogP) is 4.09. The van der Waals surface area contributed by atoms with Gasteiger partial charge in [-0.15, -0.1) is 0 Å². The molecule has 132 valence electrons. The molecular formula is C21H20FN3O. The molecule has 2 atom stereocenters. The lowest BCUT2D eigenvalue weighted by Crippen LogP contribution is -2.51. The van der Waals surface area contributed by atoms with Crippen LogP contribution in [0.25, 0.3) is 11.3 Å². The summed E-state index contributed by atoms with van der Waals surface area (Å²) in [5.74, 6) is -0.349. The summed E-state index contributed by atoms with van der Waals surface area (Å²) in [5, 5.41) is 17.0. The normalized spacial score (nSPS) is 26.5. The number of carbonyl (C=O) groups is 1. The third kappa shape index (κ3) is 2.05. The number of nitrogens with one attached hydrogen (secondary N) is 1. The molecule has 26 heavy (non-hydrogen) atoms. The summed E-state index contributed by atoms with van der Waals surface area (Å²) < 4.78 is 14.3. The van der Waals surface area contributed by atoms with Gasteiger partial charge in [-0.25, -0.2) is 4.39 Å². The molecule has 0 amide bonds. The Kier molecular flexibility index (Phi) is 3.46. The Morgan fingerprint density at radius 2 is 2.04 bits per heavy atom. The molecule has 1 N–H and O–H groups in total. The fourth-order valence-corrected chi connectivity index (χ4v) is 4.93. The zero-order chi connectivity index (χ0) is 18.7. The molecule has 2 aromatic rings. The van der Waals surface area contributed by atoms with E-state index in [4.69, 9.17) is 0 Å². The fraction of sp³-hybridized carbons (Fsp3) is 0.381. The molecule has 1 aromatic heterocycles. The van der Waals surface area contributed by atoms with E-state index in [1.165, 1.54) is 6.07 Å². The molecular weight excluding hydrogens is 329 g/mol. The van der Waals surface area contributed by atoms with Crippen molar-refractivity contribution in [2.75, 3.05) is 0 Å². The molecule has 0 radical (unpaired) electrons. The molecule has 0 bridgehead atoms. The number of carbonyl (C=O) groups excluding carboxylic acids is 1. The SMILES string of the molecule is CC1(C)C(=O)C(C#N)=C[C@]2(C)c3n[nH]c(-c4ccccc4F)c3CCC12. The molecule has 2 aliphatic rings. The van der Waals surface area contributed by atoms with Gasteiger partial charge < -0.3 is 0 Å². The van der Waals surface area contributed by atoms with Gasteiger partial charge in [-0.3, -0.25) is 9.89 Å². The van der Waals surface area contributed by atoms with Crippen molar-refractivity contribution in [2.24, 2.45) is 11.3 Å². The smallest absolute Gasteiger partial charge is 0.178 e. The van der Waals surface area contributed by atoms with Crippen molar-refractivity contribution in [3.8, 4) is 17.3 Å². The van der Waals surface area contributed by atoms with Crippen molar-refractivity contribution in [1.82, 2.24) is 10.2 Å². The average molecular weight is 349 g/mol. The van der Waals surface area contributed by atoms with E-state index in [0.717, 1.165) is 24.1 Å². The van der Waals surface area contributed by atoms with Crippen LogP contribution in [0.4, 0.5) is 4.39 Å². The minimum absolute atomic E-state index is 0.0453. The standard InChI is InChI=1S/C21H20FN3O/c1-20(2)16-9-8-14-17(13-6-4-5-7-15(13)22)24-25-18(14)21(16,3)10-12(11-23)19(20)26/h4-7,10,16H,8-9H2,1-3H3,(H,24,25)/t16?,21-/m0/s1. The second-order valence-corrected chi connectivity index (χ2v) is 8.00. The molecule has 1 unspecified atom stereocenters. The molecule has 2 aliphatic carbocycles. The van der Waals surface area contributed by atoms with Crippen LogP contribution in [0.3, 0.4) is 0 Å². The molecule has 4 rings (SSSR count). The van der Waals surface area contributed by atoms with Crippen LogP contribution in [0.15, 0.2) is 35.9 Å². The first-order valence-corrected chi connectivity index (χ1v) is 8.81. The molecule has 0 saturated heterocycles. The zero-order valence-corrected chi connectivity index (χ0v) is 15.1.